The third-order valence-corrected chi connectivity index (χ3v) is 4.18. The van der Waals surface area contributed by atoms with E-state index in [1.54, 1.807) is 11.3 Å². The molecule has 0 atom stereocenters. The summed E-state index contributed by atoms with van der Waals surface area (Å²) in [6, 6.07) is 4.01. The molecule has 0 radical (unpaired) electrons. The second-order valence-corrected chi connectivity index (χ2v) is 6.37. The van der Waals surface area contributed by atoms with Gasteiger partial charge in [0.1, 0.15) is 5.82 Å². The fourth-order valence-corrected chi connectivity index (χ4v) is 2.95. The number of aromatic nitrogens is 2. The molecular weight excluding hydrogens is 389 g/mol. The van der Waals surface area contributed by atoms with E-state index in [0.29, 0.717) is 0 Å². The van der Waals surface area contributed by atoms with Gasteiger partial charge in [-0.25, -0.2) is 9.97 Å². The molecule has 2 aromatic rings. The van der Waals surface area contributed by atoms with Gasteiger partial charge >= 0.3 is 0 Å². The standard InChI is InChI=1S/C9H7BrIN3S/c1-12-8-5(11)4-13-9(14-8)6-2-3-7(10)15-6/h2-4H,1H3,(H,12,13,14). The van der Waals surface area contributed by atoms with Crippen LogP contribution in [0, 0.1) is 3.57 Å². The smallest absolute Gasteiger partial charge is 0.171 e. The molecule has 2 aromatic heterocycles. The lowest BCUT2D eigenvalue weighted by molar-refractivity contribution is 1.16. The summed E-state index contributed by atoms with van der Waals surface area (Å²) in [5.41, 5.74) is 0. The summed E-state index contributed by atoms with van der Waals surface area (Å²) < 4.78 is 2.11. The molecule has 0 amide bonds. The highest BCUT2D eigenvalue weighted by Crippen LogP contribution is 2.30. The van der Waals surface area contributed by atoms with E-state index < -0.39 is 0 Å². The molecule has 0 aliphatic rings. The van der Waals surface area contributed by atoms with Crippen molar-refractivity contribution in [2.24, 2.45) is 0 Å². The van der Waals surface area contributed by atoms with Gasteiger partial charge in [-0.1, -0.05) is 0 Å². The summed E-state index contributed by atoms with van der Waals surface area (Å²) in [5, 5.41) is 3.05. The Morgan fingerprint density at radius 2 is 2.27 bits per heavy atom. The fourth-order valence-electron chi connectivity index (χ4n) is 1.10. The summed E-state index contributed by atoms with van der Waals surface area (Å²) in [6.07, 6.45) is 1.82. The first-order chi connectivity index (χ1) is 7.20. The minimum absolute atomic E-state index is 0.760. The van der Waals surface area contributed by atoms with Gasteiger partial charge in [-0.3, -0.25) is 0 Å². The lowest BCUT2D eigenvalue weighted by atomic mass is 10.4. The number of hydrogen-bond acceptors (Lipinski definition) is 4. The fraction of sp³-hybridized carbons (Fsp3) is 0.111. The molecule has 0 aromatic carbocycles. The van der Waals surface area contributed by atoms with E-state index in [0.717, 1.165) is 23.9 Å². The second kappa shape index (κ2) is 4.75. The van der Waals surface area contributed by atoms with Crippen LogP contribution >= 0.6 is 49.9 Å². The van der Waals surface area contributed by atoms with Crippen molar-refractivity contribution in [3.8, 4) is 10.7 Å². The van der Waals surface area contributed by atoms with Gasteiger partial charge in [0.15, 0.2) is 5.82 Å². The Balaban J connectivity index is 2.45. The van der Waals surface area contributed by atoms with Gasteiger partial charge < -0.3 is 5.32 Å². The second-order valence-electron chi connectivity index (χ2n) is 2.74. The van der Waals surface area contributed by atoms with E-state index >= 15 is 0 Å². The van der Waals surface area contributed by atoms with E-state index in [9.17, 15) is 0 Å². The first kappa shape index (κ1) is 11.3. The molecule has 3 nitrogen and oxygen atoms in total. The average Bonchev–Trinajstić information content (AvgIpc) is 2.66. The minimum atomic E-state index is 0.760. The molecule has 0 bridgehead atoms. The number of rotatable bonds is 2. The monoisotopic (exact) mass is 395 g/mol. The van der Waals surface area contributed by atoms with Crippen molar-refractivity contribution in [2.45, 2.75) is 0 Å². The molecule has 0 saturated carbocycles. The molecule has 0 spiro atoms. The van der Waals surface area contributed by atoms with Crippen molar-refractivity contribution in [3.05, 3.63) is 25.7 Å². The van der Waals surface area contributed by atoms with E-state index in [1.807, 2.05) is 25.4 Å². The zero-order valence-electron chi connectivity index (χ0n) is 7.79. The first-order valence-corrected chi connectivity index (χ1v) is 6.85. The minimum Gasteiger partial charge on any atom is -0.372 e. The van der Waals surface area contributed by atoms with Crippen LogP contribution in [0.25, 0.3) is 10.7 Å². The van der Waals surface area contributed by atoms with Crippen molar-refractivity contribution < 1.29 is 0 Å². The van der Waals surface area contributed by atoms with Crippen LogP contribution in [-0.2, 0) is 0 Å². The highest BCUT2D eigenvalue weighted by Gasteiger charge is 2.07. The number of anilines is 1. The van der Waals surface area contributed by atoms with E-state index in [1.165, 1.54) is 0 Å². The maximum Gasteiger partial charge on any atom is 0.171 e. The molecule has 1 N–H and O–H groups in total. The molecular formula is C9H7BrIN3S. The molecule has 0 fully saturated rings. The maximum absolute atomic E-state index is 4.43. The average molecular weight is 396 g/mol. The summed E-state index contributed by atoms with van der Waals surface area (Å²) >= 11 is 7.26. The van der Waals surface area contributed by atoms with Gasteiger partial charge in [0, 0.05) is 13.2 Å². The zero-order chi connectivity index (χ0) is 10.8. The highest BCUT2D eigenvalue weighted by molar-refractivity contribution is 14.1. The summed E-state index contributed by atoms with van der Waals surface area (Å²) in [7, 11) is 1.86. The van der Waals surface area contributed by atoms with Gasteiger partial charge in [0.2, 0.25) is 0 Å². The lowest BCUT2D eigenvalue weighted by Gasteiger charge is -2.03. The Bertz CT molecular complexity index is 486. The van der Waals surface area contributed by atoms with Crippen LogP contribution in [-0.4, -0.2) is 17.0 Å². The number of nitrogens with zero attached hydrogens (tertiary/aromatic N) is 2. The molecule has 2 heterocycles. The summed E-state index contributed by atoms with van der Waals surface area (Å²) in [4.78, 5) is 9.80. The van der Waals surface area contributed by atoms with Crippen molar-refractivity contribution >= 4 is 55.7 Å². The third kappa shape index (κ3) is 2.48. The molecule has 15 heavy (non-hydrogen) atoms. The quantitative estimate of drug-likeness (QED) is 0.789. The Morgan fingerprint density at radius 3 is 2.87 bits per heavy atom. The number of hydrogen-bond donors (Lipinski definition) is 1. The predicted molar refractivity (Wildman–Crippen MR) is 75.3 cm³/mol. The zero-order valence-corrected chi connectivity index (χ0v) is 12.4. The Labute approximate surface area is 114 Å². The van der Waals surface area contributed by atoms with Gasteiger partial charge in [0.25, 0.3) is 0 Å². The van der Waals surface area contributed by atoms with Gasteiger partial charge in [0.05, 0.1) is 12.2 Å². The van der Waals surface area contributed by atoms with Crippen LogP contribution in [0.5, 0.6) is 0 Å². The topological polar surface area (TPSA) is 37.8 Å². The van der Waals surface area contributed by atoms with Crippen molar-refractivity contribution in [1.82, 2.24) is 9.97 Å². The Morgan fingerprint density at radius 1 is 1.47 bits per heavy atom. The SMILES string of the molecule is CNc1nc(-c2ccc(Br)s2)ncc1I. The maximum atomic E-state index is 4.43. The van der Waals surface area contributed by atoms with Crippen LogP contribution in [0.15, 0.2) is 22.1 Å². The molecule has 0 aliphatic carbocycles. The third-order valence-electron chi connectivity index (χ3n) is 1.77. The Hall–Kier alpha value is -0.210. The molecule has 2 rings (SSSR count). The molecule has 0 saturated heterocycles. The van der Waals surface area contributed by atoms with Crippen LogP contribution in [0.2, 0.25) is 0 Å². The van der Waals surface area contributed by atoms with Gasteiger partial charge in [-0.15, -0.1) is 11.3 Å². The normalized spacial score (nSPS) is 10.3. The van der Waals surface area contributed by atoms with Crippen molar-refractivity contribution in [3.63, 3.8) is 0 Å². The lowest BCUT2D eigenvalue weighted by Crippen LogP contribution is -1.98. The number of thiophene rings is 1. The van der Waals surface area contributed by atoms with Crippen LogP contribution < -0.4 is 5.32 Å². The highest BCUT2D eigenvalue weighted by atomic mass is 127. The van der Waals surface area contributed by atoms with Crippen molar-refractivity contribution in [1.29, 1.82) is 0 Å². The van der Waals surface area contributed by atoms with Crippen LogP contribution in [0.4, 0.5) is 5.82 Å². The number of nitrogens with one attached hydrogen (secondary N) is 1. The van der Waals surface area contributed by atoms with Gasteiger partial charge in [-0.05, 0) is 50.7 Å². The molecule has 78 valence electrons. The molecule has 0 aliphatic heterocycles. The number of halogens is 2. The first-order valence-electron chi connectivity index (χ1n) is 4.16. The summed E-state index contributed by atoms with van der Waals surface area (Å²) in [6.45, 7) is 0. The van der Waals surface area contributed by atoms with Crippen LogP contribution in [0.1, 0.15) is 0 Å². The van der Waals surface area contributed by atoms with E-state index in [-0.39, 0.29) is 0 Å². The molecule has 0 unspecified atom stereocenters. The van der Waals surface area contributed by atoms with Crippen molar-refractivity contribution in [2.75, 3.05) is 12.4 Å². The summed E-state index contributed by atoms with van der Waals surface area (Å²) in [5.74, 6) is 1.63. The molecule has 6 heteroatoms. The van der Waals surface area contributed by atoms with Crippen LogP contribution in [0.3, 0.4) is 0 Å². The Kier molecular flexibility index (Phi) is 3.57. The predicted octanol–water partition coefficient (Wildman–Crippen LogP) is 3.61. The largest absolute Gasteiger partial charge is 0.372 e. The van der Waals surface area contributed by atoms with E-state index in [2.05, 4.69) is 53.8 Å². The van der Waals surface area contributed by atoms with E-state index in [4.69, 9.17) is 0 Å². The van der Waals surface area contributed by atoms with Gasteiger partial charge in [-0.2, -0.15) is 0 Å².